The lowest BCUT2D eigenvalue weighted by Gasteiger charge is -2.42. The van der Waals surface area contributed by atoms with Crippen LogP contribution >= 0.6 is 0 Å². The second-order valence-corrected chi connectivity index (χ2v) is 10.5. The number of likely N-dealkylation sites (tertiary alicyclic amines) is 2. The van der Waals surface area contributed by atoms with Gasteiger partial charge in [0.25, 0.3) is 0 Å². The fraction of sp³-hybridized carbons (Fsp3) is 0.355. The third-order valence-corrected chi connectivity index (χ3v) is 7.80. The molecule has 2 heterocycles. The van der Waals surface area contributed by atoms with Gasteiger partial charge < -0.3 is 10.2 Å². The summed E-state index contributed by atoms with van der Waals surface area (Å²) in [7, 11) is 0. The Labute approximate surface area is 226 Å². The van der Waals surface area contributed by atoms with Crippen molar-refractivity contribution < 1.29 is 22.8 Å². The minimum atomic E-state index is -4.37. The Hall–Kier alpha value is -3.65. The largest absolute Gasteiger partial charge is 0.416 e. The maximum Gasteiger partial charge on any atom is 0.416 e. The number of benzene rings is 3. The van der Waals surface area contributed by atoms with Gasteiger partial charge in [0.2, 0.25) is 11.8 Å². The van der Waals surface area contributed by atoms with E-state index in [-0.39, 0.29) is 24.4 Å². The van der Waals surface area contributed by atoms with E-state index in [1.54, 1.807) is 11.0 Å². The summed E-state index contributed by atoms with van der Waals surface area (Å²) in [6, 6.07) is 24.8. The highest BCUT2D eigenvalue weighted by Crippen LogP contribution is 2.41. The molecule has 1 atom stereocenters. The number of nitrogens with one attached hydrogen (secondary N) is 1. The van der Waals surface area contributed by atoms with Crippen LogP contribution in [0.1, 0.15) is 41.5 Å². The van der Waals surface area contributed by atoms with Crippen LogP contribution in [0.5, 0.6) is 0 Å². The average molecular weight is 536 g/mol. The van der Waals surface area contributed by atoms with Crippen molar-refractivity contribution in [3.05, 3.63) is 107 Å². The molecule has 2 saturated heterocycles. The van der Waals surface area contributed by atoms with Gasteiger partial charge in [-0.1, -0.05) is 78.9 Å². The number of carbonyl (C=O) groups excluding carboxylic acids is 2. The van der Waals surface area contributed by atoms with Gasteiger partial charge in [-0.05, 0) is 42.0 Å². The van der Waals surface area contributed by atoms with E-state index in [0.717, 1.165) is 23.6 Å². The molecule has 3 aromatic carbocycles. The molecule has 5 rings (SSSR count). The maximum absolute atomic E-state index is 14.0. The number of carbonyl (C=O) groups is 2. The molecule has 0 spiro atoms. The Bertz CT molecular complexity index is 1260. The van der Waals surface area contributed by atoms with E-state index in [0.29, 0.717) is 44.6 Å². The molecular weight excluding hydrogens is 503 g/mol. The zero-order valence-corrected chi connectivity index (χ0v) is 21.7. The molecule has 0 aromatic heterocycles. The molecule has 0 bridgehead atoms. The van der Waals surface area contributed by atoms with Crippen molar-refractivity contribution in [2.45, 2.75) is 43.4 Å². The molecule has 3 aromatic rings. The Kier molecular flexibility index (Phi) is 7.75. The van der Waals surface area contributed by atoms with Crippen LogP contribution in [0.3, 0.4) is 0 Å². The average Bonchev–Trinajstić information content (AvgIpc) is 3.37. The van der Waals surface area contributed by atoms with Crippen molar-refractivity contribution in [2.75, 3.05) is 26.2 Å². The van der Waals surface area contributed by atoms with Gasteiger partial charge in [0, 0.05) is 32.2 Å². The predicted octanol–water partition coefficient (Wildman–Crippen LogP) is 5.00. The van der Waals surface area contributed by atoms with Crippen molar-refractivity contribution in [1.82, 2.24) is 15.1 Å². The highest BCUT2D eigenvalue weighted by Gasteiger charge is 2.47. The number of hydrogen-bond acceptors (Lipinski definition) is 3. The van der Waals surface area contributed by atoms with E-state index >= 15 is 0 Å². The quantitative estimate of drug-likeness (QED) is 0.463. The lowest BCUT2D eigenvalue weighted by atomic mass is 9.68. The Morgan fingerprint density at radius 3 is 2.23 bits per heavy atom. The van der Waals surface area contributed by atoms with Gasteiger partial charge in [0.15, 0.2) is 0 Å². The molecule has 0 unspecified atom stereocenters. The highest BCUT2D eigenvalue weighted by atomic mass is 19.4. The van der Waals surface area contributed by atoms with Crippen molar-refractivity contribution in [3.8, 4) is 0 Å². The van der Waals surface area contributed by atoms with Crippen LogP contribution in [0.25, 0.3) is 0 Å². The molecular formula is C31H32F3N3O2. The molecule has 2 aliphatic rings. The van der Waals surface area contributed by atoms with Crippen LogP contribution in [0.4, 0.5) is 13.2 Å². The number of rotatable bonds is 7. The van der Waals surface area contributed by atoms with E-state index < -0.39 is 17.2 Å². The van der Waals surface area contributed by atoms with Gasteiger partial charge in [-0.25, -0.2) is 0 Å². The predicted molar refractivity (Wildman–Crippen MR) is 143 cm³/mol. The summed E-state index contributed by atoms with van der Waals surface area (Å²) in [4.78, 5) is 30.8. The van der Waals surface area contributed by atoms with Gasteiger partial charge in [-0.15, -0.1) is 0 Å². The number of alkyl halides is 3. The van der Waals surface area contributed by atoms with Crippen molar-refractivity contribution in [1.29, 1.82) is 0 Å². The molecule has 1 N–H and O–H groups in total. The highest BCUT2D eigenvalue weighted by molar-refractivity contribution is 5.95. The van der Waals surface area contributed by atoms with Gasteiger partial charge in [-0.2, -0.15) is 13.2 Å². The first-order valence-electron chi connectivity index (χ1n) is 13.3. The normalized spacial score (nSPS) is 19.7. The molecule has 2 fully saturated rings. The third kappa shape index (κ3) is 5.86. The van der Waals surface area contributed by atoms with Gasteiger partial charge >= 0.3 is 6.18 Å². The second kappa shape index (κ2) is 11.2. The summed E-state index contributed by atoms with van der Waals surface area (Å²) >= 11 is 0. The maximum atomic E-state index is 14.0. The molecule has 5 nitrogen and oxygen atoms in total. The first kappa shape index (κ1) is 26.9. The fourth-order valence-electron chi connectivity index (χ4n) is 5.96. The van der Waals surface area contributed by atoms with E-state index in [4.69, 9.17) is 0 Å². The summed E-state index contributed by atoms with van der Waals surface area (Å²) in [6.45, 7) is 2.10. The van der Waals surface area contributed by atoms with E-state index in [2.05, 4.69) is 5.32 Å². The monoisotopic (exact) mass is 535 g/mol. The number of nitrogens with zero attached hydrogens (tertiary/aromatic N) is 2. The topological polar surface area (TPSA) is 52.7 Å². The molecule has 204 valence electrons. The Balaban J connectivity index is 1.22. The first-order valence-corrected chi connectivity index (χ1v) is 13.3. The molecule has 2 aliphatic heterocycles. The summed E-state index contributed by atoms with van der Waals surface area (Å²) < 4.78 is 39.2. The second-order valence-electron chi connectivity index (χ2n) is 10.5. The number of halogens is 3. The van der Waals surface area contributed by atoms with Crippen LogP contribution < -0.4 is 5.32 Å². The molecule has 0 saturated carbocycles. The number of hydrogen-bond donors (Lipinski definition) is 1. The first-order chi connectivity index (χ1) is 18.8. The number of piperidine rings is 1. The van der Waals surface area contributed by atoms with Gasteiger partial charge in [0.05, 0.1) is 17.5 Å². The van der Waals surface area contributed by atoms with Gasteiger partial charge in [0.1, 0.15) is 0 Å². The zero-order chi connectivity index (χ0) is 27.5. The van der Waals surface area contributed by atoms with Crippen LogP contribution in [-0.4, -0.2) is 53.8 Å². The third-order valence-electron chi connectivity index (χ3n) is 7.80. The van der Waals surface area contributed by atoms with E-state index in [1.165, 1.54) is 12.1 Å². The molecule has 0 radical (unpaired) electrons. The SMILES string of the molecule is O=C(CN1CCCC(c2ccccc2)(c2ccccc2)C1=O)N[C@H]1CCN(Cc2cccc(C(F)(F)F)c2)C1. The lowest BCUT2D eigenvalue weighted by Crippen LogP contribution is -2.55. The molecule has 39 heavy (non-hydrogen) atoms. The van der Waals surface area contributed by atoms with E-state index in [1.807, 2.05) is 65.6 Å². The van der Waals surface area contributed by atoms with Crippen LogP contribution in [0, 0.1) is 0 Å². The van der Waals surface area contributed by atoms with Crippen LogP contribution in [0.2, 0.25) is 0 Å². The van der Waals surface area contributed by atoms with E-state index in [9.17, 15) is 22.8 Å². The molecule has 8 heteroatoms. The zero-order valence-electron chi connectivity index (χ0n) is 21.7. The van der Waals surface area contributed by atoms with Crippen LogP contribution in [-0.2, 0) is 27.7 Å². The molecule has 2 amide bonds. The Morgan fingerprint density at radius 2 is 1.59 bits per heavy atom. The van der Waals surface area contributed by atoms with Crippen LogP contribution in [0.15, 0.2) is 84.9 Å². The minimum absolute atomic E-state index is 0.0234. The Morgan fingerprint density at radius 1 is 0.923 bits per heavy atom. The lowest BCUT2D eigenvalue weighted by molar-refractivity contribution is -0.142. The smallest absolute Gasteiger partial charge is 0.350 e. The number of amides is 2. The summed E-state index contributed by atoms with van der Waals surface area (Å²) in [5, 5.41) is 3.05. The minimum Gasteiger partial charge on any atom is -0.350 e. The van der Waals surface area contributed by atoms with Gasteiger partial charge in [-0.3, -0.25) is 14.5 Å². The van der Waals surface area contributed by atoms with Crippen molar-refractivity contribution in [2.24, 2.45) is 0 Å². The summed E-state index contributed by atoms with van der Waals surface area (Å²) in [6.07, 6.45) is -2.22. The summed E-state index contributed by atoms with van der Waals surface area (Å²) in [5.41, 5.74) is 0.946. The molecule has 0 aliphatic carbocycles. The standard InChI is InChI=1S/C31H32F3N3O2/c32-31(33,34)26-14-7-9-23(19-26)20-36-18-15-27(21-36)35-28(38)22-37-17-8-16-30(29(37)39,24-10-3-1-4-11-24)25-12-5-2-6-13-25/h1-7,9-14,19,27H,8,15-18,20-22H2,(H,35,38)/t27-/m0/s1. The van der Waals surface area contributed by atoms with Crippen molar-refractivity contribution in [3.63, 3.8) is 0 Å². The summed E-state index contributed by atoms with van der Waals surface area (Å²) in [5.74, 6) is -0.287. The fourth-order valence-corrected chi connectivity index (χ4v) is 5.96. The van der Waals surface area contributed by atoms with Crippen molar-refractivity contribution >= 4 is 11.8 Å².